The molecule has 6 nitrogen and oxygen atoms in total. The van der Waals surface area contributed by atoms with Crippen LogP contribution in [0.15, 0.2) is 60.7 Å². The zero-order valence-electron chi connectivity index (χ0n) is 16.8. The highest BCUT2D eigenvalue weighted by Crippen LogP contribution is 2.30. The van der Waals surface area contributed by atoms with Gasteiger partial charge in [0.1, 0.15) is 0 Å². The van der Waals surface area contributed by atoms with Crippen molar-refractivity contribution in [2.75, 3.05) is 17.6 Å². The number of nitrogens with one attached hydrogen (secondary N) is 1. The average molecular weight is 402 g/mol. The van der Waals surface area contributed by atoms with Crippen molar-refractivity contribution >= 4 is 17.6 Å². The van der Waals surface area contributed by atoms with Gasteiger partial charge >= 0.3 is 5.97 Å². The molecule has 1 heterocycles. The third-order valence-electron chi connectivity index (χ3n) is 5.75. The van der Waals surface area contributed by atoms with Gasteiger partial charge < -0.3 is 16.2 Å². The van der Waals surface area contributed by atoms with Crippen molar-refractivity contribution in [3.05, 3.63) is 60.7 Å². The normalized spacial score (nSPS) is 18.7. The van der Waals surface area contributed by atoms with Crippen LogP contribution in [0, 0.1) is 11.8 Å². The summed E-state index contributed by atoms with van der Waals surface area (Å²) in [5.41, 5.74) is 10.2. The summed E-state index contributed by atoms with van der Waals surface area (Å²) in [7, 11) is 0. The summed E-state index contributed by atoms with van der Waals surface area (Å²) >= 11 is 0. The first kappa shape index (κ1) is 19.9. The third-order valence-corrected chi connectivity index (χ3v) is 5.75. The van der Waals surface area contributed by atoms with Gasteiger partial charge in [0.2, 0.25) is 5.95 Å². The number of carboxylic acids is 1. The van der Waals surface area contributed by atoms with E-state index in [1.807, 2.05) is 60.7 Å². The number of rotatable bonds is 6. The van der Waals surface area contributed by atoms with Gasteiger partial charge in [-0.15, -0.1) is 0 Å². The van der Waals surface area contributed by atoms with Crippen molar-refractivity contribution in [1.82, 2.24) is 9.97 Å². The van der Waals surface area contributed by atoms with Crippen LogP contribution in [0.3, 0.4) is 0 Å². The number of aliphatic carboxylic acids is 1. The molecule has 3 aromatic rings. The Morgan fingerprint density at radius 2 is 1.53 bits per heavy atom. The Kier molecular flexibility index (Phi) is 5.93. The Morgan fingerprint density at radius 3 is 2.13 bits per heavy atom. The molecule has 30 heavy (non-hydrogen) atoms. The molecule has 0 saturated heterocycles. The number of nitrogens with two attached hydrogens (primary N) is 1. The number of benzene rings is 2. The fourth-order valence-corrected chi connectivity index (χ4v) is 3.93. The van der Waals surface area contributed by atoms with Crippen LogP contribution >= 0.6 is 0 Å². The Hall–Kier alpha value is -3.41. The molecule has 0 radical (unpaired) electrons. The zero-order valence-corrected chi connectivity index (χ0v) is 16.8. The van der Waals surface area contributed by atoms with E-state index in [0.29, 0.717) is 17.6 Å². The number of nitrogen functional groups attached to an aromatic ring is 1. The van der Waals surface area contributed by atoms with Gasteiger partial charge in [-0.3, -0.25) is 4.79 Å². The molecule has 1 saturated carbocycles. The van der Waals surface area contributed by atoms with E-state index in [0.717, 1.165) is 54.7 Å². The lowest BCUT2D eigenvalue weighted by Gasteiger charge is -2.26. The van der Waals surface area contributed by atoms with Crippen LogP contribution in [0.1, 0.15) is 25.7 Å². The minimum Gasteiger partial charge on any atom is -0.481 e. The number of nitrogens with zero attached hydrogens (tertiary/aromatic N) is 2. The van der Waals surface area contributed by atoms with Crippen LogP contribution in [-0.2, 0) is 4.79 Å². The minimum absolute atomic E-state index is 0.198. The molecule has 4 N–H and O–H groups in total. The molecule has 2 aromatic carbocycles. The second kappa shape index (κ2) is 8.95. The first-order chi connectivity index (χ1) is 14.6. The number of carboxylic acid groups (broad SMARTS) is 1. The molecule has 1 aromatic heterocycles. The predicted octanol–water partition coefficient (Wildman–Crippen LogP) is 4.70. The van der Waals surface area contributed by atoms with Crippen molar-refractivity contribution in [2.45, 2.75) is 25.7 Å². The van der Waals surface area contributed by atoms with E-state index in [-0.39, 0.29) is 5.92 Å². The topological polar surface area (TPSA) is 101 Å². The van der Waals surface area contributed by atoms with Gasteiger partial charge in [-0.25, -0.2) is 9.97 Å². The molecule has 0 amide bonds. The number of anilines is 2. The van der Waals surface area contributed by atoms with Crippen molar-refractivity contribution in [3.63, 3.8) is 0 Å². The minimum atomic E-state index is -0.673. The van der Waals surface area contributed by atoms with E-state index in [2.05, 4.69) is 5.32 Å². The van der Waals surface area contributed by atoms with E-state index in [1.165, 1.54) is 0 Å². The third kappa shape index (κ3) is 4.76. The first-order valence-electron chi connectivity index (χ1n) is 10.4. The second-order valence-electron chi connectivity index (χ2n) is 7.89. The van der Waals surface area contributed by atoms with Crippen LogP contribution < -0.4 is 11.1 Å². The molecule has 1 fully saturated rings. The van der Waals surface area contributed by atoms with Crippen LogP contribution in [0.5, 0.6) is 0 Å². The van der Waals surface area contributed by atoms with Crippen LogP contribution in [0.4, 0.5) is 11.6 Å². The molecular formula is C24H26N4O2. The standard InChI is InChI=1S/C24H26N4O2/c25-20-12-10-18(11-13-20)22-14-21(17-4-2-1-3-5-17)27-24(28-22)26-15-16-6-8-19(9-7-16)23(29)30/h1-5,10-14,16,19H,6-9,15,25H2,(H,29,30)(H,26,27,28). The largest absolute Gasteiger partial charge is 0.481 e. The van der Waals surface area contributed by atoms with Crippen LogP contribution in [0.25, 0.3) is 22.5 Å². The smallest absolute Gasteiger partial charge is 0.306 e. The Labute approximate surface area is 176 Å². The Bertz CT molecular complexity index is 997. The average Bonchev–Trinajstić information content (AvgIpc) is 2.79. The summed E-state index contributed by atoms with van der Waals surface area (Å²) in [5.74, 6) is 0.151. The highest BCUT2D eigenvalue weighted by molar-refractivity contribution is 5.71. The van der Waals surface area contributed by atoms with Crippen molar-refractivity contribution in [2.24, 2.45) is 11.8 Å². The summed E-state index contributed by atoms with van der Waals surface area (Å²) < 4.78 is 0. The summed E-state index contributed by atoms with van der Waals surface area (Å²) in [4.78, 5) is 20.6. The van der Waals surface area contributed by atoms with Gasteiger partial charge in [-0.2, -0.15) is 0 Å². The number of hydrogen-bond donors (Lipinski definition) is 3. The molecule has 1 aliphatic rings. The Balaban J connectivity index is 1.55. The lowest BCUT2D eigenvalue weighted by atomic mass is 9.82. The molecular weight excluding hydrogens is 376 g/mol. The summed E-state index contributed by atoms with van der Waals surface area (Å²) in [6, 6.07) is 19.7. The summed E-state index contributed by atoms with van der Waals surface area (Å²) in [6.45, 7) is 0.742. The summed E-state index contributed by atoms with van der Waals surface area (Å²) in [6.07, 6.45) is 3.30. The SMILES string of the molecule is Nc1ccc(-c2cc(-c3ccccc3)nc(NCC3CCC(C(=O)O)CC3)n2)cc1. The lowest BCUT2D eigenvalue weighted by Crippen LogP contribution is -2.25. The van der Waals surface area contributed by atoms with Gasteiger partial charge in [0.15, 0.2) is 0 Å². The maximum absolute atomic E-state index is 11.2. The molecule has 0 spiro atoms. The summed E-state index contributed by atoms with van der Waals surface area (Å²) in [5, 5.41) is 12.6. The molecule has 4 rings (SSSR count). The molecule has 0 atom stereocenters. The van der Waals surface area contributed by atoms with E-state index >= 15 is 0 Å². The number of carbonyl (C=O) groups is 1. The van der Waals surface area contributed by atoms with Crippen molar-refractivity contribution in [1.29, 1.82) is 0 Å². The zero-order chi connectivity index (χ0) is 20.9. The second-order valence-corrected chi connectivity index (χ2v) is 7.89. The van der Waals surface area contributed by atoms with Gasteiger partial charge in [0.05, 0.1) is 17.3 Å². The quantitative estimate of drug-likeness (QED) is 0.517. The van der Waals surface area contributed by atoms with Gasteiger partial charge in [-0.1, -0.05) is 42.5 Å². The van der Waals surface area contributed by atoms with Crippen molar-refractivity contribution in [3.8, 4) is 22.5 Å². The van der Waals surface area contributed by atoms with E-state index < -0.39 is 5.97 Å². The predicted molar refractivity (Wildman–Crippen MR) is 119 cm³/mol. The monoisotopic (exact) mass is 402 g/mol. The highest BCUT2D eigenvalue weighted by atomic mass is 16.4. The van der Waals surface area contributed by atoms with Gasteiger partial charge in [0, 0.05) is 23.4 Å². The molecule has 154 valence electrons. The molecule has 6 heteroatoms. The van der Waals surface area contributed by atoms with Gasteiger partial charge in [-0.05, 0) is 49.8 Å². The molecule has 0 aliphatic heterocycles. The van der Waals surface area contributed by atoms with Crippen LogP contribution in [-0.4, -0.2) is 27.6 Å². The lowest BCUT2D eigenvalue weighted by molar-refractivity contribution is -0.143. The first-order valence-corrected chi connectivity index (χ1v) is 10.4. The number of hydrogen-bond acceptors (Lipinski definition) is 5. The van der Waals surface area contributed by atoms with E-state index in [4.69, 9.17) is 15.7 Å². The van der Waals surface area contributed by atoms with Crippen LogP contribution in [0.2, 0.25) is 0 Å². The van der Waals surface area contributed by atoms with Crippen molar-refractivity contribution < 1.29 is 9.90 Å². The van der Waals surface area contributed by atoms with E-state index in [1.54, 1.807) is 0 Å². The van der Waals surface area contributed by atoms with Gasteiger partial charge in [0.25, 0.3) is 0 Å². The Morgan fingerprint density at radius 1 is 0.933 bits per heavy atom. The molecule has 0 unspecified atom stereocenters. The molecule has 0 bridgehead atoms. The fourth-order valence-electron chi connectivity index (χ4n) is 3.93. The maximum Gasteiger partial charge on any atom is 0.306 e. The fraction of sp³-hybridized carbons (Fsp3) is 0.292. The maximum atomic E-state index is 11.2. The number of aromatic nitrogens is 2. The highest BCUT2D eigenvalue weighted by Gasteiger charge is 2.25. The van der Waals surface area contributed by atoms with E-state index in [9.17, 15) is 9.90 Å². The molecule has 1 aliphatic carbocycles.